The van der Waals surface area contributed by atoms with Crippen LogP contribution in [0.1, 0.15) is 65.2 Å². The Balaban J connectivity index is 0.000000335. The summed E-state index contributed by atoms with van der Waals surface area (Å²) in [7, 11) is 0. The van der Waals surface area contributed by atoms with Crippen molar-refractivity contribution in [2.24, 2.45) is 11.3 Å². The molecule has 1 aliphatic carbocycles. The standard InChI is InChI=1S/C19H29NOS.C6H7NS/c1-3-15(4-2)14-19(12-8-5-9-13-19)18(21)20-16-10-6-7-11-17(16)22;7-5-3-1-2-4-6(5)8/h6-7,10-11,15,22H,3-5,8-9,12-14H2,1-2H3,(H,20,21);1-4,8H,7H2. The number of nitrogens with two attached hydrogens (primary N) is 1. The highest BCUT2D eigenvalue weighted by atomic mass is 32.1. The number of nitrogens with one attached hydrogen (secondary N) is 1. The molecule has 1 fully saturated rings. The Bertz CT molecular complexity index is 778. The third-order valence-corrected chi connectivity index (χ3v) is 7.01. The van der Waals surface area contributed by atoms with Gasteiger partial charge in [-0.05, 0) is 49.4 Å². The number of anilines is 2. The fourth-order valence-electron chi connectivity index (χ4n) is 4.20. The number of rotatable bonds is 6. The van der Waals surface area contributed by atoms with Crippen LogP contribution in [0, 0.1) is 11.3 Å². The van der Waals surface area contributed by atoms with Gasteiger partial charge in [0.1, 0.15) is 0 Å². The first-order chi connectivity index (χ1) is 14.4. The number of benzene rings is 2. The highest BCUT2D eigenvalue weighted by molar-refractivity contribution is 7.80. The average Bonchev–Trinajstić information content (AvgIpc) is 2.77. The Morgan fingerprint density at radius 1 is 0.967 bits per heavy atom. The Morgan fingerprint density at radius 3 is 2.03 bits per heavy atom. The van der Waals surface area contributed by atoms with Gasteiger partial charge in [-0.2, -0.15) is 0 Å². The highest BCUT2D eigenvalue weighted by Crippen LogP contribution is 2.44. The summed E-state index contributed by atoms with van der Waals surface area (Å²) in [4.78, 5) is 14.7. The summed E-state index contributed by atoms with van der Waals surface area (Å²) in [5.41, 5.74) is 6.84. The molecular weight excluding hydrogens is 408 g/mol. The first-order valence-electron chi connectivity index (χ1n) is 11.0. The number of thiol groups is 2. The van der Waals surface area contributed by atoms with Crippen LogP contribution in [0.15, 0.2) is 58.3 Å². The van der Waals surface area contributed by atoms with Gasteiger partial charge in [0.25, 0.3) is 0 Å². The van der Waals surface area contributed by atoms with Gasteiger partial charge in [-0.15, -0.1) is 25.3 Å². The number of hydrogen-bond donors (Lipinski definition) is 4. The van der Waals surface area contributed by atoms with Gasteiger partial charge in [0, 0.05) is 20.9 Å². The van der Waals surface area contributed by atoms with Crippen molar-refractivity contribution in [3.05, 3.63) is 48.5 Å². The van der Waals surface area contributed by atoms with Gasteiger partial charge in [-0.1, -0.05) is 70.2 Å². The van der Waals surface area contributed by atoms with Crippen LogP contribution in [-0.2, 0) is 4.79 Å². The van der Waals surface area contributed by atoms with E-state index in [4.69, 9.17) is 5.73 Å². The lowest BCUT2D eigenvalue weighted by Crippen LogP contribution is -2.39. The number of nitrogen functional groups attached to an aromatic ring is 1. The quantitative estimate of drug-likeness (QED) is 0.280. The van der Waals surface area contributed by atoms with Crippen molar-refractivity contribution < 1.29 is 4.79 Å². The topological polar surface area (TPSA) is 55.1 Å². The Hall–Kier alpha value is -1.59. The smallest absolute Gasteiger partial charge is 0.230 e. The Kier molecular flexibility index (Phi) is 10.1. The van der Waals surface area contributed by atoms with Crippen molar-refractivity contribution in [3.8, 4) is 0 Å². The Labute approximate surface area is 193 Å². The summed E-state index contributed by atoms with van der Waals surface area (Å²) in [5.74, 6) is 0.857. The summed E-state index contributed by atoms with van der Waals surface area (Å²) >= 11 is 8.53. The van der Waals surface area contributed by atoms with Crippen LogP contribution in [0.25, 0.3) is 0 Å². The van der Waals surface area contributed by atoms with E-state index in [0.29, 0.717) is 5.92 Å². The number of carbonyl (C=O) groups excluding carboxylic acids is 1. The zero-order valence-corrected chi connectivity index (χ0v) is 20.0. The van der Waals surface area contributed by atoms with E-state index >= 15 is 0 Å². The molecule has 3 N–H and O–H groups in total. The molecule has 0 bridgehead atoms. The minimum absolute atomic E-state index is 0.176. The lowest BCUT2D eigenvalue weighted by atomic mass is 9.67. The predicted octanol–water partition coefficient (Wildman–Crippen LogP) is 7.25. The van der Waals surface area contributed by atoms with Crippen LogP contribution in [0.4, 0.5) is 11.4 Å². The van der Waals surface area contributed by atoms with E-state index < -0.39 is 0 Å². The molecule has 0 heterocycles. The van der Waals surface area contributed by atoms with Gasteiger partial charge >= 0.3 is 0 Å². The molecule has 3 rings (SSSR count). The Morgan fingerprint density at radius 2 is 1.53 bits per heavy atom. The SMILES string of the molecule is CCC(CC)CC1(C(=O)Nc2ccccc2S)CCCCC1.Nc1ccccc1S. The zero-order chi connectivity index (χ0) is 22.0. The molecule has 0 unspecified atom stereocenters. The molecule has 1 aliphatic rings. The van der Waals surface area contributed by atoms with Crippen LogP contribution in [0.3, 0.4) is 0 Å². The fraction of sp³-hybridized carbons (Fsp3) is 0.480. The van der Waals surface area contributed by atoms with Crippen LogP contribution >= 0.6 is 25.3 Å². The third kappa shape index (κ3) is 6.98. The summed E-state index contributed by atoms with van der Waals surface area (Å²) in [6, 6.07) is 15.2. The molecule has 3 nitrogen and oxygen atoms in total. The van der Waals surface area contributed by atoms with Crippen molar-refractivity contribution in [1.29, 1.82) is 0 Å². The second-order valence-electron chi connectivity index (χ2n) is 8.26. The van der Waals surface area contributed by atoms with Crippen LogP contribution in [0.2, 0.25) is 0 Å². The predicted molar refractivity (Wildman–Crippen MR) is 135 cm³/mol. The van der Waals surface area contributed by atoms with Crippen molar-refractivity contribution in [2.45, 2.75) is 75.0 Å². The van der Waals surface area contributed by atoms with Crippen molar-refractivity contribution in [2.75, 3.05) is 11.1 Å². The number of hydrogen-bond acceptors (Lipinski definition) is 4. The maximum atomic E-state index is 13.1. The zero-order valence-electron chi connectivity index (χ0n) is 18.2. The molecule has 0 radical (unpaired) electrons. The molecular formula is C25H36N2OS2. The minimum atomic E-state index is -0.176. The van der Waals surface area contributed by atoms with Crippen molar-refractivity contribution in [3.63, 3.8) is 0 Å². The molecule has 2 aromatic carbocycles. The van der Waals surface area contributed by atoms with Gasteiger partial charge in [0.15, 0.2) is 0 Å². The molecule has 0 spiro atoms. The number of carbonyl (C=O) groups is 1. The van der Waals surface area contributed by atoms with Gasteiger partial charge in [0.05, 0.1) is 5.69 Å². The molecule has 5 heteroatoms. The fourth-order valence-corrected chi connectivity index (χ4v) is 4.58. The normalized spacial score (nSPS) is 15.2. The van der Waals surface area contributed by atoms with Crippen LogP contribution in [0.5, 0.6) is 0 Å². The van der Waals surface area contributed by atoms with Gasteiger partial charge < -0.3 is 11.1 Å². The molecule has 0 aromatic heterocycles. The summed E-state index contributed by atoms with van der Waals surface area (Å²) in [6.07, 6.45) is 9.03. The molecule has 0 saturated heterocycles. The maximum absolute atomic E-state index is 13.1. The second kappa shape index (κ2) is 12.3. The van der Waals surface area contributed by atoms with E-state index in [0.717, 1.165) is 53.3 Å². The molecule has 0 aliphatic heterocycles. The van der Waals surface area contributed by atoms with E-state index in [-0.39, 0.29) is 11.3 Å². The maximum Gasteiger partial charge on any atom is 0.230 e. The summed E-state index contributed by atoms with van der Waals surface area (Å²) < 4.78 is 0. The molecule has 2 aromatic rings. The number of amides is 1. The van der Waals surface area contributed by atoms with Gasteiger partial charge in [0.2, 0.25) is 5.91 Å². The van der Waals surface area contributed by atoms with Gasteiger partial charge in [-0.25, -0.2) is 0 Å². The van der Waals surface area contributed by atoms with Crippen LogP contribution < -0.4 is 11.1 Å². The van der Waals surface area contributed by atoms with Crippen molar-refractivity contribution >= 4 is 42.5 Å². The lowest BCUT2D eigenvalue weighted by Gasteiger charge is -2.38. The lowest BCUT2D eigenvalue weighted by molar-refractivity contribution is -0.128. The van der Waals surface area contributed by atoms with Gasteiger partial charge in [-0.3, -0.25) is 4.79 Å². The molecule has 1 saturated carbocycles. The first-order valence-corrected chi connectivity index (χ1v) is 11.9. The summed E-state index contributed by atoms with van der Waals surface area (Å²) in [5, 5.41) is 3.16. The third-order valence-electron chi connectivity index (χ3n) is 6.22. The molecule has 0 atom stereocenters. The largest absolute Gasteiger partial charge is 0.398 e. The first kappa shape index (κ1) is 24.7. The van der Waals surface area contributed by atoms with E-state index in [2.05, 4.69) is 44.4 Å². The van der Waals surface area contributed by atoms with Crippen LogP contribution in [-0.4, -0.2) is 5.91 Å². The highest BCUT2D eigenvalue weighted by Gasteiger charge is 2.40. The minimum Gasteiger partial charge on any atom is -0.398 e. The molecule has 1 amide bonds. The van der Waals surface area contributed by atoms with Crippen molar-refractivity contribution in [1.82, 2.24) is 0 Å². The van der Waals surface area contributed by atoms with E-state index in [9.17, 15) is 4.79 Å². The van der Waals surface area contributed by atoms with E-state index in [1.54, 1.807) is 0 Å². The molecule has 164 valence electrons. The molecule has 30 heavy (non-hydrogen) atoms. The average molecular weight is 445 g/mol. The monoisotopic (exact) mass is 444 g/mol. The second-order valence-corrected chi connectivity index (χ2v) is 9.22. The van der Waals surface area contributed by atoms with E-state index in [1.165, 1.54) is 19.3 Å². The summed E-state index contributed by atoms with van der Waals surface area (Å²) in [6.45, 7) is 4.48. The number of para-hydroxylation sites is 2. The van der Waals surface area contributed by atoms with E-state index in [1.807, 2.05) is 48.5 Å².